The Hall–Kier alpha value is -1.02. The van der Waals surface area contributed by atoms with Gasteiger partial charge >= 0.3 is 0 Å². The molecule has 0 spiro atoms. The molecule has 74 valence electrons. The van der Waals surface area contributed by atoms with Crippen molar-refractivity contribution < 1.29 is 0 Å². The number of nitrogens with zero attached hydrogens (tertiary/aromatic N) is 1. The van der Waals surface area contributed by atoms with Gasteiger partial charge in [-0.15, -0.1) is 0 Å². The number of hydrogen-bond donors (Lipinski definition) is 1. The smallest absolute Gasteiger partial charge is 0.129 e. The maximum Gasteiger partial charge on any atom is 0.129 e. The van der Waals surface area contributed by atoms with E-state index < -0.39 is 0 Å². The van der Waals surface area contributed by atoms with Crippen LogP contribution in [0.25, 0.3) is 0 Å². The van der Waals surface area contributed by atoms with E-state index in [2.05, 4.69) is 17.2 Å². The Morgan fingerprint density at radius 1 is 1.43 bits per heavy atom. The second-order valence-corrected chi connectivity index (χ2v) is 3.95. The van der Waals surface area contributed by atoms with Crippen LogP contribution in [0.5, 0.6) is 0 Å². The van der Waals surface area contributed by atoms with Gasteiger partial charge in [-0.05, 0) is 25.5 Å². The summed E-state index contributed by atoms with van der Waals surface area (Å²) in [6.07, 6.45) is 1.09. The number of hydrogen-bond acceptors (Lipinski definition) is 2. The van der Waals surface area contributed by atoms with Crippen molar-refractivity contribution >= 4 is 17.4 Å². The molecule has 0 aliphatic carbocycles. The topological polar surface area (TPSA) is 24.4 Å². The average molecular weight is 209 g/mol. The van der Waals surface area contributed by atoms with E-state index in [1.807, 2.05) is 24.3 Å². The lowest BCUT2D eigenvalue weighted by atomic mass is 10.1. The van der Waals surface area contributed by atoms with Crippen LogP contribution < -0.4 is 5.32 Å². The number of rotatable bonds is 1. The van der Waals surface area contributed by atoms with E-state index in [0.29, 0.717) is 6.04 Å². The first kappa shape index (κ1) is 9.53. The van der Waals surface area contributed by atoms with E-state index >= 15 is 0 Å². The standard InChI is InChI=1S/C11H13ClN2/c1-8-6-7-13-11(14-8)9-4-2-3-5-10(9)12/h2-5,8H,6-7H2,1H3,(H,13,14)/t8-/m0/s1. The van der Waals surface area contributed by atoms with E-state index in [4.69, 9.17) is 11.6 Å². The van der Waals surface area contributed by atoms with Crippen molar-refractivity contribution in [3.63, 3.8) is 0 Å². The lowest BCUT2D eigenvalue weighted by molar-refractivity contribution is 0.588. The molecule has 3 heteroatoms. The van der Waals surface area contributed by atoms with E-state index in [-0.39, 0.29) is 0 Å². The van der Waals surface area contributed by atoms with Crippen molar-refractivity contribution in [1.82, 2.24) is 5.32 Å². The Morgan fingerprint density at radius 2 is 2.21 bits per heavy atom. The van der Waals surface area contributed by atoms with Crippen molar-refractivity contribution in [2.45, 2.75) is 19.4 Å². The fourth-order valence-electron chi connectivity index (χ4n) is 1.54. The largest absolute Gasteiger partial charge is 0.367 e. The van der Waals surface area contributed by atoms with Crippen LogP contribution in [-0.4, -0.2) is 18.4 Å². The average Bonchev–Trinajstić information content (AvgIpc) is 2.18. The third kappa shape index (κ3) is 1.90. The number of aliphatic imine (C=N–C) groups is 1. The van der Waals surface area contributed by atoms with Crippen molar-refractivity contribution in [1.29, 1.82) is 0 Å². The highest BCUT2D eigenvalue weighted by molar-refractivity contribution is 6.34. The third-order valence-corrected chi connectivity index (χ3v) is 2.67. The monoisotopic (exact) mass is 208 g/mol. The van der Waals surface area contributed by atoms with Crippen LogP contribution in [-0.2, 0) is 0 Å². The molecule has 1 aliphatic rings. The van der Waals surface area contributed by atoms with Gasteiger partial charge < -0.3 is 5.32 Å². The van der Waals surface area contributed by atoms with Gasteiger partial charge in [-0.2, -0.15) is 0 Å². The molecule has 0 saturated carbocycles. The molecule has 0 radical (unpaired) electrons. The summed E-state index contributed by atoms with van der Waals surface area (Å²) in [4.78, 5) is 4.43. The lowest BCUT2D eigenvalue weighted by Crippen LogP contribution is -2.37. The minimum atomic E-state index is 0.485. The van der Waals surface area contributed by atoms with Gasteiger partial charge in [-0.3, -0.25) is 4.99 Å². The summed E-state index contributed by atoms with van der Waals surface area (Å²) in [5, 5.41) is 4.10. The Morgan fingerprint density at radius 3 is 2.93 bits per heavy atom. The van der Waals surface area contributed by atoms with Crippen LogP contribution in [0, 0.1) is 0 Å². The highest BCUT2D eigenvalue weighted by Gasteiger charge is 2.14. The Labute approximate surface area is 89.0 Å². The SMILES string of the molecule is C[C@H]1CCN=C(c2ccccc2Cl)N1. The number of nitrogens with one attached hydrogen (secondary N) is 1. The van der Waals surface area contributed by atoms with Crippen LogP contribution in [0.2, 0.25) is 5.02 Å². The summed E-state index contributed by atoms with van der Waals surface area (Å²) in [5.74, 6) is 0.925. The minimum Gasteiger partial charge on any atom is -0.367 e. The van der Waals surface area contributed by atoms with Gasteiger partial charge in [0.05, 0.1) is 5.02 Å². The zero-order chi connectivity index (χ0) is 9.97. The van der Waals surface area contributed by atoms with Crippen LogP contribution >= 0.6 is 11.6 Å². The molecule has 0 bridgehead atoms. The van der Waals surface area contributed by atoms with Crippen LogP contribution in [0.1, 0.15) is 18.9 Å². The van der Waals surface area contributed by atoms with Crippen LogP contribution in [0.3, 0.4) is 0 Å². The third-order valence-electron chi connectivity index (χ3n) is 2.34. The molecule has 2 rings (SSSR count). The fourth-order valence-corrected chi connectivity index (χ4v) is 1.76. The molecule has 0 aromatic heterocycles. The molecule has 1 aromatic carbocycles. The summed E-state index contributed by atoms with van der Waals surface area (Å²) in [7, 11) is 0. The quantitative estimate of drug-likeness (QED) is 0.754. The molecule has 0 fully saturated rings. The molecule has 1 aliphatic heterocycles. The predicted molar refractivity (Wildman–Crippen MR) is 60.1 cm³/mol. The van der Waals surface area contributed by atoms with Gasteiger partial charge in [-0.25, -0.2) is 0 Å². The highest BCUT2D eigenvalue weighted by Crippen LogP contribution is 2.16. The van der Waals surface area contributed by atoms with Crippen molar-refractivity contribution in [3.05, 3.63) is 34.9 Å². The second-order valence-electron chi connectivity index (χ2n) is 3.54. The molecular weight excluding hydrogens is 196 g/mol. The normalized spacial score (nSPS) is 21.3. The maximum atomic E-state index is 6.08. The first-order valence-electron chi connectivity index (χ1n) is 4.83. The zero-order valence-corrected chi connectivity index (χ0v) is 8.88. The number of halogens is 1. The Balaban J connectivity index is 2.31. The molecule has 14 heavy (non-hydrogen) atoms. The van der Waals surface area contributed by atoms with Gasteiger partial charge in [0.15, 0.2) is 0 Å². The van der Waals surface area contributed by atoms with E-state index in [0.717, 1.165) is 29.4 Å². The van der Waals surface area contributed by atoms with E-state index in [9.17, 15) is 0 Å². The number of benzene rings is 1. The Bertz CT molecular complexity index is 360. The predicted octanol–water partition coefficient (Wildman–Crippen LogP) is 2.47. The first-order chi connectivity index (χ1) is 6.77. The van der Waals surface area contributed by atoms with E-state index in [1.54, 1.807) is 0 Å². The van der Waals surface area contributed by atoms with Gasteiger partial charge in [-0.1, -0.05) is 23.7 Å². The fraction of sp³-hybridized carbons (Fsp3) is 0.364. The highest BCUT2D eigenvalue weighted by atomic mass is 35.5. The molecule has 1 N–H and O–H groups in total. The van der Waals surface area contributed by atoms with E-state index in [1.165, 1.54) is 0 Å². The molecule has 1 aromatic rings. The molecule has 0 saturated heterocycles. The molecule has 2 nitrogen and oxygen atoms in total. The minimum absolute atomic E-state index is 0.485. The second kappa shape index (κ2) is 4.01. The van der Waals surface area contributed by atoms with Crippen LogP contribution in [0.15, 0.2) is 29.3 Å². The van der Waals surface area contributed by atoms with Gasteiger partial charge in [0.25, 0.3) is 0 Å². The molecular formula is C11H13ClN2. The summed E-state index contributed by atoms with van der Waals surface area (Å²) < 4.78 is 0. The van der Waals surface area contributed by atoms with Crippen LogP contribution in [0.4, 0.5) is 0 Å². The molecule has 0 unspecified atom stereocenters. The maximum absolute atomic E-state index is 6.08. The summed E-state index contributed by atoms with van der Waals surface area (Å²) in [6.45, 7) is 3.04. The molecule has 1 heterocycles. The Kier molecular flexibility index (Phi) is 2.73. The van der Waals surface area contributed by atoms with Crippen molar-refractivity contribution in [2.24, 2.45) is 4.99 Å². The summed E-state index contributed by atoms with van der Waals surface area (Å²) in [6, 6.07) is 8.27. The van der Waals surface area contributed by atoms with Gasteiger partial charge in [0.2, 0.25) is 0 Å². The lowest BCUT2D eigenvalue weighted by Gasteiger charge is -2.21. The summed E-state index contributed by atoms with van der Waals surface area (Å²) in [5.41, 5.74) is 1.00. The number of amidine groups is 1. The first-order valence-corrected chi connectivity index (χ1v) is 5.21. The summed E-state index contributed by atoms with van der Waals surface area (Å²) >= 11 is 6.08. The van der Waals surface area contributed by atoms with Gasteiger partial charge in [0.1, 0.15) is 5.84 Å². The zero-order valence-electron chi connectivity index (χ0n) is 8.13. The van der Waals surface area contributed by atoms with Gasteiger partial charge in [0, 0.05) is 18.2 Å². The molecule has 0 amide bonds. The van der Waals surface area contributed by atoms with Crippen molar-refractivity contribution in [2.75, 3.05) is 6.54 Å². The van der Waals surface area contributed by atoms with Crippen molar-refractivity contribution in [3.8, 4) is 0 Å². The molecule has 1 atom stereocenters.